The molecule has 2 N–H and O–H groups in total. The first-order valence-electron chi connectivity index (χ1n) is 9.54. The van der Waals surface area contributed by atoms with E-state index in [1.807, 2.05) is 26.0 Å². The van der Waals surface area contributed by atoms with Crippen molar-refractivity contribution in [1.82, 2.24) is 15.5 Å². The standard InChI is InChI=1S/C20H29N3O4/c1-12(2)22-20(25)23-8-7-14-9-17(26-3)18(27-4)10-15(14)16(23)11-21-19(24)13-5-6-13/h9-10,12-13,16H,5-8,11H2,1-4H3,(H,21,24)(H,22,25). The molecule has 3 amide bonds. The van der Waals surface area contributed by atoms with Crippen LogP contribution in [0.3, 0.4) is 0 Å². The van der Waals surface area contributed by atoms with Crippen LogP contribution in [0.5, 0.6) is 11.5 Å². The van der Waals surface area contributed by atoms with Crippen LogP contribution in [0.15, 0.2) is 12.1 Å². The number of hydrogen-bond acceptors (Lipinski definition) is 4. The van der Waals surface area contributed by atoms with Crippen molar-refractivity contribution >= 4 is 11.9 Å². The van der Waals surface area contributed by atoms with E-state index >= 15 is 0 Å². The van der Waals surface area contributed by atoms with E-state index in [9.17, 15) is 9.59 Å². The maximum atomic E-state index is 12.7. The predicted molar refractivity (Wildman–Crippen MR) is 102 cm³/mol. The summed E-state index contributed by atoms with van der Waals surface area (Å²) in [7, 11) is 3.21. The number of methoxy groups -OCH3 is 2. The third-order valence-electron chi connectivity index (χ3n) is 5.09. The number of nitrogens with one attached hydrogen (secondary N) is 2. The van der Waals surface area contributed by atoms with Crippen molar-refractivity contribution in [2.75, 3.05) is 27.3 Å². The van der Waals surface area contributed by atoms with Gasteiger partial charge in [0.15, 0.2) is 11.5 Å². The van der Waals surface area contributed by atoms with Crippen molar-refractivity contribution in [2.45, 2.75) is 45.2 Å². The smallest absolute Gasteiger partial charge is 0.318 e. The van der Waals surface area contributed by atoms with Gasteiger partial charge >= 0.3 is 6.03 Å². The molecule has 1 aromatic carbocycles. The molecule has 1 saturated carbocycles. The molecule has 0 radical (unpaired) electrons. The van der Waals surface area contributed by atoms with Crippen molar-refractivity contribution < 1.29 is 19.1 Å². The minimum absolute atomic E-state index is 0.0472. The number of hydrogen-bond donors (Lipinski definition) is 2. The number of rotatable bonds is 6. The zero-order valence-corrected chi connectivity index (χ0v) is 16.5. The van der Waals surface area contributed by atoms with Gasteiger partial charge in [0.2, 0.25) is 5.91 Å². The number of fused-ring (bicyclic) bond motifs is 1. The average molecular weight is 375 g/mol. The molecule has 148 valence electrons. The zero-order chi connectivity index (χ0) is 19.6. The van der Waals surface area contributed by atoms with Crippen molar-refractivity contribution in [3.8, 4) is 11.5 Å². The first-order chi connectivity index (χ1) is 12.9. The van der Waals surface area contributed by atoms with E-state index in [0.29, 0.717) is 24.6 Å². The molecule has 0 aromatic heterocycles. The van der Waals surface area contributed by atoms with Crippen LogP contribution in [0.25, 0.3) is 0 Å². The average Bonchev–Trinajstić information content (AvgIpc) is 3.49. The van der Waals surface area contributed by atoms with E-state index in [2.05, 4.69) is 10.6 Å². The van der Waals surface area contributed by atoms with E-state index in [0.717, 1.165) is 30.4 Å². The summed E-state index contributed by atoms with van der Waals surface area (Å²) in [5, 5.41) is 5.99. The van der Waals surface area contributed by atoms with Gasteiger partial charge in [0.05, 0.1) is 20.3 Å². The van der Waals surface area contributed by atoms with Crippen molar-refractivity contribution in [3.63, 3.8) is 0 Å². The van der Waals surface area contributed by atoms with Crippen LogP contribution in [0.4, 0.5) is 4.79 Å². The van der Waals surface area contributed by atoms with Crippen LogP contribution in [0.2, 0.25) is 0 Å². The maximum absolute atomic E-state index is 12.7. The molecular weight excluding hydrogens is 346 g/mol. The third-order valence-corrected chi connectivity index (χ3v) is 5.09. The largest absolute Gasteiger partial charge is 0.493 e. The van der Waals surface area contributed by atoms with Crippen LogP contribution in [0.1, 0.15) is 43.9 Å². The van der Waals surface area contributed by atoms with Gasteiger partial charge < -0.3 is 25.0 Å². The molecule has 1 unspecified atom stereocenters. The molecule has 1 atom stereocenters. The Hall–Kier alpha value is -2.44. The Bertz CT molecular complexity index is 715. The monoisotopic (exact) mass is 375 g/mol. The van der Waals surface area contributed by atoms with E-state index in [1.54, 1.807) is 19.1 Å². The van der Waals surface area contributed by atoms with Gasteiger partial charge in [-0.15, -0.1) is 0 Å². The molecule has 0 spiro atoms. The molecule has 7 heteroatoms. The Morgan fingerprint density at radius 1 is 1.19 bits per heavy atom. The van der Waals surface area contributed by atoms with Gasteiger partial charge in [0.25, 0.3) is 0 Å². The second-order valence-corrected chi connectivity index (χ2v) is 7.49. The van der Waals surface area contributed by atoms with Gasteiger partial charge in [-0.1, -0.05) is 0 Å². The quantitative estimate of drug-likeness (QED) is 0.799. The Balaban J connectivity index is 1.89. The zero-order valence-electron chi connectivity index (χ0n) is 16.5. The lowest BCUT2D eigenvalue weighted by Crippen LogP contribution is -2.50. The Kier molecular flexibility index (Phi) is 5.77. The number of amides is 3. The molecule has 1 heterocycles. The fourth-order valence-electron chi connectivity index (χ4n) is 3.51. The molecular formula is C20H29N3O4. The van der Waals surface area contributed by atoms with Gasteiger partial charge in [-0.05, 0) is 56.4 Å². The molecule has 1 aliphatic heterocycles. The normalized spacial score (nSPS) is 18.7. The van der Waals surface area contributed by atoms with Gasteiger partial charge in [0.1, 0.15) is 0 Å². The minimum atomic E-state index is -0.241. The van der Waals surface area contributed by atoms with Crippen molar-refractivity contribution in [1.29, 1.82) is 0 Å². The van der Waals surface area contributed by atoms with Crippen LogP contribution in [-0.2, 0) is 11.2 Å². The maximum Gasteiger partial charge on any atom is 0.318 e. The number of nitrogens with zero attached hydrogens (tertiary/aromatic N) is 1. The first-order valence-corrected chi connectivity index (χ1v) is 9.54. The number of urea groups is 1. The van der Waals surface area contributed by atoms with Crippen LogP contribution < -0.4 is 20.1 Å². The lowest BCUT2D eigenvalue weighted by Gasteiger charge is -2.38. The molecule has 3 rings (SSSR count). The van der Waals surface area contributed by atoms with Crippen molar-refractivity contribution in [2.24, 2.45) is 5.92 Å². The summed E-state index contributed by atoms with van der Waals surface area (Å²) in [5.41, 5.74) is 2.11. The Labute approximate surface area is 160 Å². The van der Waals surface area contributed by atoms with Crippen LogP contribution in [0, 0.1) is 5.92 Å². The summed E-state index contributed by atoms with van der Waals surface area (Å²) in [6.07, 6.45) is 2.64. The summed E-state index contributed by atoms with van der Waals surface area (Å²) in [4.78, 5) is 26.7. The molecule has 27 heavy (non-hydrogen) atoms. The number of carbonyl (C=O) groups excluding carboxylic acids is 2. The number of carbonyl (C=O) groups is 2. The van der Waals surface area contributed by atoms with Crippen LogP contribution in [-0.4, -0.2) is 50.2 Å². The predicted octanol–water partition coefficient (Wildman–Crippen LogP) is 2.25. The summed E-state index contributed by atoms with van der Waals surface area (Å²) in [5.74, 6) is 1.52. The Morgan fingerprint density at radius 2 is 1.85 bits per heavy atom. The SMILES string of the molecule is COc1cc2c(cc1OC)C(CNC(=O)C1CC1)N(C(=O)NC(C)C)CC2. The van der Waals surface area contributed by atoms with E-state index in [4.69, 9.17) is 9.47 Å². The summed E-state index contributed by atoms with van der Waals surface area (Å²) in [6.45, 7) is 4.86. The van der Waals surface area contributed by atoms with Crippen molar-refractivity contribution in [3.05, 3.63) is 23.3 Å². The molecule has 0 saturated heterocycles. The van der Waals surface area contributed by atoms with E-state index in [1.165, 1.54) is 0 Å². The molecule has 7 nitrogen and oxygen atoms in total. The highest BCUT2D eigenvalue weighted by molar-refractivity contribution is 5.81. The molecule has 2 aliphatic rings. The summed E-state index contributed by atoms with van der Waals surface area (Å²) in [6, 6.07) is 3.59. The van der Waals surface area contributed by atoms with E-state index in [-0.39, 0.29) is 29.9 Å². The minimum Gasteiger partial charge on any atom is -0.493 e. The highest BCUT2D eigenvalue weighted by Crippen LogP contribution is 2.38. The van der Waals surface area contributed by atoms with Gasteiger partial charge in [-0.2, -0.15) is 0 Å². The fraction of sp³-hybridized carbons (Fsp3) is 0.600. The third kappa shape index (κ3) is 4.28. The highest BCUT2D eigenvalue weighted by Gasteiger charge is 2.35. The Morgan fingerprint density at radius 3 is 2.44 bits per heavy atom. The molecule has 1 aromatic rings. The van der Waals surface area contributed by atoms with Gasteiger partial charge in [0, 0.05) is 25.0 Å². The number of benzene rings is 1. The summed E-state index contributed by atoms with van der Waals surface area (Å²) >= 11 is 0. The fourth-order valence-corrected chi connectivity index (χ4v) is 3.51. The van der Waals surface area contributed by atoms with E-state index < -0.39 is 0 Å². The van der Waals surface area contributed by atoms with Gasteiger partial charge in [-0.25, -0.2) is 4.79 Å². The highest BCUT2D eigenvalue weighted by atomic mass is 16.5. The second kappa shape index (κ2) is 8.06. The summed E-state index contributed by atoms with van der Waals surface area (Å²) < 4.78 is 10.9. The number of ether oxygens (including phenoxy) is 2. The lowest BCUT2D eigenvalue weighted by molar-refractivity contribution is -0.122. The topological polar surface area (TPSA) is 79.9 Å². The van der Waals surface area contributed by atoms with Crippen LogP contribution >= 0.6 is 0 Å². The molecule has 1 fully saturated rings. The molecule has 0 bridgehead atoms. The lowest BCUT2D eigenvalue weighted by atomic mass is 9.91. The second-order valence-electron chi connectivity index (χ2n) is 7.49. The first kappa shape index (κ1) is 19.3. The van der Waals surface area contributed by atoms with Gasteiger partial charge in [-0.3, -0.25) is 4.79 Å². The molecule has 1 aliphatic carbocycles.